The molecule has 0 saturated heterocycles. The number of fused-ring (bicyclic) bond motifs is 1. The number of aliphatic hydroxyl groups is 1. The summed E-state index contributed by atoms with van der Waals surface area (Å²) in [7, 11) is 0. The summed E-state index contributed by atoms with van der Waals surface area (Å²) in [4.78, 5) is 0. The van der Waals surface area contributed by atoms with E-state index in [-0.39, 0.29) is 11.7 Å². The third kappa shape index (κ3) is 1.31. The summed E-state index contributed by atoms with van der Waals surface area (Å²) < 4.78 is 5.72. The van der Waals surface area contributed by atoms with Crippen LogP contribution in [0.2, 0.25) is 0 Å². The van der Waals surface area contributed by atoms with Crippen LogP contribution in [0.5, 0.6) is 0 Å². The zero-order valence-electron chi connectivity index (χ0n) is 9.71. The molecule has 2 rings (SSSR count). The quantitative estimate of drug-likeness (QED) is 0.737. The summed E-state index contributed by atoms with van der Waals surface area (Å²) in [5, 5.41) is 10.1. The van der Waals surface area contributed by atoms with Gasteiger partial charge in [-0.1, -0.05) is 13.8 Å². The van der Waals surface area contributed by atoms with E-state index in [1.807, 2.05) is 6.92 Å². The van der Waals surface area contributed by atoms with E-state index in [9.17, 15) is 5.11 Å². The van der Waals surface area contributed by atoms with E-state index < -0.39 is 0 Å². The third-order valence-electron chi connectivity index (χ3n) is 4.57. The molecule has 0 spiro atoms. The van der Waals surface area contributed by atoms with Crippen molar-refractivity contribution in [3.8, 4) is 0 Å². The molecule has 14 heavy (non-hydrogen) atoms. The van der Waals surface area contributed by atoms with Gasteiger partial charge in [0.2, 0.25) is 0 Å². The zero-order chi connectivity index (χ0) is 10.6. The lowest BCUT2D eigenvalue weighted by Gasteiger charge is -2.37. The summed E-state index contributed by atoms with van der Waals surface area (Å²) >= 11 is 0. The SMILES string of the molecule is CCO[C@]1(C)C[C@H]2[C@@H](CC1O)C2(C)C. The minimum absolute atomic E-state index is 0.273. The molecule has 2 aliphatic rings. The average molecular weight is 198 g/mol. The lowest BCUT2D eigenvalue weighted by Crippen LogP contribution is -2.45. The van der Waals surface area contributed by atoms with E-state index in [0.717, 1.165) is 24.7 Å². The molecule has 0 amide bonds. The molecule has 2 heteroatoms. The maximum atomic E-state index is 10.1. The molecule has 0 radical (unpaired) electrons. The zero-order valence-corrected chi connectivity index (χ0v) is 9.71. The summed E-state index contributed by atoms with van der Waals surface area (Å²) in [5.41, 5.74) is 0.152. The Hall–Kier alpha value is -0.0800. The number of ether oxygens (including phenoxy) is 1. The lowest BCUT2D eigenvalue weighted by molar-refractivity contribution is -0.131. The number of hydrogen-bond donors (Lipinski definition) is 1. The Morgan fingerprint density at radius 1 is 1.29 bits per heavy atom. The summed E-state index contributed by atoms with van der Waals surface area (Å²) in [6, 6.07) is 0. The summed E-state index contributed by atoms with van der Waals surface area (Å²) in [5.74, 6) is 1.49. The maximum absolute atomic E-state index is 10.1. The number of rotatable bonds is 2. The molecule has 0 aromatic carbocycles. The van der Waals surface area contributed by atoms with Crippen LogP contribution < -0.4 is 0 Å². The van der Waals surface area contributed by atoms with Gasteiger partial charge in [-0.25, -0.2) is 0 Å². The minimum Gasteiger partial charge on any atom is -0.390 e. The van der Waals surface area contributed by atoms with Crippen LogP contribution in [0.25, 0.3) is 0 Å². The van der Waals surface area contributed by atoms with Crippen LogP contribution in [0, 0.1) is 17.3 Å². The van der Waals surface area contributed by atoms with Crippen molar-refractivity contribution in [1.29, 1.82) is 0 Å². The Kier molecular flexibility index (Phi) is 2.20. The van der Waals surface area contributed by atoms with Crippen LogP contribution in [-0.2, 0) is 4.74 Å². The van der Waals surface area contributed by atoms with Crippen LogP contribution in [0.15, 0.2) is 0 Å². The van der Waals surface area contributed by atoms with Crippen LogP contribution in [0.3, 0.4) is 0 Å². The van der Waals surface area contributed by atoms with E-state index in [1.165, 1.54) is 0 Å². The van der Waals surface area contributed by atoms with Crippen molar-refractivity contribution in [2.45, 2.75) is 52.2 Å². The lowest BCUT2D eigenvalue weighted by atomic mass is 9.83. The molecular weight excluding hydrogens is 176 g/mol. The highest BCUT2D eigenvalue weighted by molar-refractivity contribution is 5.13. The molecular formula is C12H22O2. The summed E-state index contributed by atoms with van der Waals surface area (Å²) in [6.07, 6.45) is 1.68. The van der Waals surface area contributed by atoms with Gasteiger partial charge in [0.1, 0.15) is 0 Å². The van der Waals surface area contributed by atoms with Crippen molar-refractivity contribution in [2.75, 3.05) is 6.61 Å². The van der Waals surface area contributed by atoms with Gasteiger partial charge >= 0.3 is 0 Å². The van der Waals surface area contributed by atoms with E-state index in [2.05, 4.69) is 20.8 Å². The third-order valence-corrected chi connectivity index (χ3v) is 4.57. The molecule has 0 aliphatic heterocycles. The first-order valence-electron chi connectivity index (χ1n) is 5.74. The standard InChI is InChI=1S/C12H22O2/c1-5-14-12(4)7-9-8(6-10(12)13)11(9,2)3/h8-10,13H,5-7H2,1-4H3/t8-,9+,10?,12-/m1/s1. The molecule has 1 N–H and O–H groups in total. The minimum atomic E-state index is -0.288. The first-order valence-corrected chi connectivity index (χ1v) is 5.74. The van der Waals surface area contributed by atoms with Crippen molar-refractivity contribution in [1.82, 2.24) is 0 Å². The monoisotopic (exact) mass is 198 g/mol. The predicted octanol–water partition coefficient (Wildman–Crippen LogP) is 2.21. The van der Waals surface area contributed by atoms with Crippen LogP contribution >= 0.6 is 0 Å². The van der Waals surface area contributed by atoms with Gasteiger partial charge in [-0.3, -0.25) is 0 Å². The van der Waals surface area contributed by atoms with Gasteiger partial charge in [0.15, 0.2) is 0 Å². The van der Waals surface area contributed by atoms with E-state index in [4.69, 9.17) is 4.74 Å². The molecule has 0 heterocycles. The molecule has 2 nitrogen and oxygen atoms in total. The van der Waals surface area contributed by atoms with Crippen molar-refractivity contribution < 1.29 is 9.84 Å². The molecule has 1 unspecified atom stereocenters. The Morgan fingerprint density at radius 2 is 1.93 bits per heavy atom. The maximum Gasteiger partial charge on any atom is 0.0915 e. The Balaban J connectivity index is 2.09. The predicted molar refractivity (Wildman–Crippen MR) is 56.0 cm³/mol. The van der Waals surface area contributed by atoms with Crippen LogP contribution in [0.4, 0.5) is 0 Å². The van der Waals surface area contributed by atoms with Gasteiger partial charge in [0, 0.05) is 6.61 Å². The van der Waals surface area contributed by atoms with Gasteiger partial charge in [-0.15, -0.1) is 0 Å². The molecule has 2 saturated carbocycles. The van der Waals surface area contributed by atoms with Crippen LogP contribution in [-0.4, -0.2) is 23.4 Å². The van der Waals surface area contributed by atoms with E-state index in [0.29, 0.717) is 12.0 Å². The van der Waals surface area contributed by atoms with Crippen molar-refractivity contribution >= 4 is 0 Å². The first-order chi connectivity index (χ1) is 6.42. The summed E-state index contributed by atoms with van der Waals surface area (Å²) in [6.45, 7) is 9.39. The molecule has 0 aromatic rings. The van der Waals surface area contributed by atoms with Crippen LogP contribution in [0.1, 0.15) is 40.5 Å². The molecule has 2 aliphatic carbocycles. The fourth-order valence-electron chi connectivity index (χ4n) is 3.28. The van der Waals surface area contributed by atoms with Gasteiger partial charge in [-0.2, -0.15) is 0 Å². The fourth-order valence-corrected chi connectivity index (χ4v) is 3.28. The van der Waals surface area contributed by atoms with E-state index >= 15 is 0 Å². The normalized spacial score (nSPS) is 49.9. The van der Waals surface area contributed by atoms with Crippen molar-refractivity contribution in [3.63, 3.8) is 0 Å². The van der Waals surface area contributed by atoms with Gasteiger partial charge in [-0.05, 0) is 43.9 Å². The smallest absolute Gasteiger partial charge is 0.0915 e. The second-order valence-electron chi connectivity index (χ2n) is 5.74. The van der Waals surface area contributed by atoms with Gasteiger partial charge < -0.3 is 9.84 Å². The highest BCUT2D eigenvalue weighted by atomic mass is 16.5. The topological polar surface area (TPSA) is 29.5 Å². The Bertz CT molecular complexity index is 236. The van der Waals surface area contributed by atoms with E-state index in [1.54, 1.807) is 0 Å². The molecule has 4 atom stereocenters. The molecule has 2 fully saturated rings. The second-order valence-corrected chi connectivity index (χ2v) is 5.74. The molecule has 82 valence electrons. The number of hydrogen-bond acceptors (Lipinski definition) is 2. The first kappa shape index (κ1) is 10.4. The second kappa shape index (κ2) is 2.96. The number of aliphatic hydroxyl groups excluding tert-OH is 1. The Labute approximate surface area is 86.6 Å². The Morgan fingerprint density at radius 3 is 2.50 bits per heavy atom. The largest absolute Gasteiger partial charge is 0.390 e. The van der Waals surface area contributed by atoms with Crippen molar-refractivity contribution in [3.05, 3.63) is 0 Å². The van der Waals surface area contributed by atoms with Crippen molar-refractivity contribution in [2.24, 2.45) is 17.3 Å². The highest BCUT2D eigenvalue weighted by Crippen LogP contribution is 2.66. The molecule has 0 aromatic heterocycles. The van der Waals surface area contributed by atoms with Gasteiger partial charge in [0.25, 0.3) is 0 Å². The fraction of sp³-hybridized carbons (Fsp3) is 1.00. The average Bonchev–Trinajstić information content (AvgIpc) is 2.56. The highest BCUT2D eigenvalue weighted by Gasteiger charge is 2.64. The van der Waals surface area contributed by atoms with Gasteiger partial charge in [0.05, 0.1) is 11.7 Å². The molecule has 0 bridgehead atoms.